The molecule has 0 radical (unpaired) electrons. The van der Waals surface area contributed by atoms with Crippen molar-refractivity contribution < 1.29 is 12.7 Å². The Bertz CT molecular complexity index is 236. The van der Waals surface area contributed by atoms with E-state index in [0.717, 1.165) is 4.85 Å². The molecule has 58 valence electrons. The molecule has 1 aromatic rings. The summed E-state index contributed by atoms with van der Waals surface area (Å²) in [4.78, 5) is 0.853. The molecule has 0 fully saturated rings. The lowest BCUT2D eigenvalue weighted by Crippen LogP contribution is -2.08. The molecule has 7 heteroatoms. The van der Waals surface area contributed by atoms with Crippen molar-refractivity contribution in [1.82, 2.24) is 9.94 Å². The first-order valence-electron chi connectivity index (χ1n) is 2.11. The van der Waals surface area contributed by atoms with Gasteiger partial charge in [0.05, 0.1) is 12.4 Å². The lowest BCUT2D eigenvalue weighted by molar-refractivity contribution is 0.250. The first kappa shape index (κ1) is 9.25. The third-order valence-electron chi connectivity index (χ3n) is 0.630. The quantitative estimate of drug-likeness (QED) is 0.615. The molecule has 10 heavy (non-hydrogen) atoms. The van der Waals surface area contributed by atoms with Crippen molar-refractivity contribution in [3.05, 3.63) is 18.5 Å². The Morgan fingerprint density at radius 2 is 2.20 bits per heavy atom. The van der Waals surface area contributed by atoms with Gasteiger partial charge in [0, 0.05) is 0 Å². The molecule has 0 aliphatic rings. The molecule has 0 saturated carbocycles. The number of aromatic nitrogens is 2. The van der Waals surface area contributed by atoms with E-state index in [0.29, 0.717) is 0 Å². The molecular formula is C3H5ClN2O3S. The summed E-state index contributed by atoms with van der Waals surface area (Å²) in [5, 5.41) is 3.47. The molecule has 0 unspecified atom stereocenters. The summed E-state index contributed by atoms with van der Waals surface area (Å²) in [6.45, 7) is 0. The molecule has 1 rings (SSSR count). The molecule has 0 N–H and O–H groups in total. The van der Waals surface area contributed by atoms with Gasteiger partial charge in [-0.1, -0.05) is 4.85 Å². The van der Waals surface area contributed by atoms with E-state index >= 15 is 0 Å². The number of hydrogen-bond donors (Lipinski definition) is 1. The predicted molar refractivity (Wildman–Crippen MR) is 36.4 cm³/mol. The Morgan fingerprint density at radius 1 is 1.50 bits per heavy atom. The molecule has 0 spiro atoms. The van der Waals surface area contributed by atoms with E-state index in [1.54, 1.807) is 6.07 Å². The Balaban J connectivity index is 0.000000810. The van der Waals surface area contributed by atoms with Crippen molar-refractivity contribution in [1.29, 1.82) is 0 Å². The Labute approximate surface area is 65.1 Å². The Hall–Kier alpha value is -0.750. The van der Waals surface area contributed by atoms with Crippen LogP contribution in [0.5, 0.6) is 0 Å². The van der Waals surface area contributed by atoms with Gasteiger partial charge in [-0.25, -0.2) is 0 Å². The Morgan fingerprint density at radius 3 is 2.60 bits per heavy atom. The summed E-state index contributed by atoms with van der Waals surface area (Å²) < 4.78 is 23.8. The maximum atomic E-state index is 9.82. The monoisotopic (exact) mass is 184 g/mol. The van der Waals surface area contributed by atoms with Gasteiger partial charge in [0.1, 0.15) is 0 Å². The van der Waals surface area contributed by atoms with Crippen molar-refractivity contribution in [2.24, 2.45) is 0 Å². The van der Waals surface area contributed by atoms with Crippen LogP contribution in [0.2, 0.25) is 0 Å². The molecule has 0 saturated heterocycles. The van der Waals surface area contributed by atoms with Gasteiger partial charge < -0.3 is 0 Å². The van der Waals surface area contributed by atoms with Gasteiger partial charge in [0.15, 0.2) is 0 Å². The average Bonchev–Trinajstić information content (AvgIpc) is 2.15. The van der Waals surface area contributed by atoms with Crippen LogP contribution in [0.3, 0.4) is 0 Å². The van der Waals surface area contributed by atoms with E-state index in [1.807, 2.05) is 0 Å². The third kappa shape index (κ3) is 2.70. The van der Waals surface area contributed by atoms with Crippen LogP contribution in [-0.4, -0.2) is 18.4 Å². The van der Waals surface area contributed by atoms with Gasteiger partial charge in [0.2, 0.25) is 0 Å². The molecule has 0 atom stereocenters. The summed E-state index contributed by atoms with van der Waals surface area (Å²) in [7, 11) is -2.85. The maximum Gasteiger partial charge on any atom is 0.318 e. The summed E-state index contributed by atoms with van der Waals surface area (Å²) in [6.07, 6.45) is 2.80. The van der Waals surface area contributed by atoms with Gasteiger partial charge in [-0.3, -0.25) is 4.28 Å². The minimum Gasteiger partial charge on any atom is -0.272 e. The first-order chi connectivity index (χ1) is 4.29. The second-order valence-electron chi connectivity index (χ2n) is 1.21. The van der Waals surface area contributed by atoms with E-state index in [2.05, 4.69) is 9.38 Å². The van der Waals surface area contributed by atoms with E-state index in [1.165, 1.54) is 12.4 Å². The summed E-state index contributed by atoms with van der Waals surface area (Å²) in [5.41, 5.74) is 0. The van der Waals surface area contributed by atoms with Gasteiger partial charge in [-0.05, 0) is 6.07 Å². The highest BCUT2D eigenvalue weighted by atomic mass is 35.5. The summed E-state index contributed by atoms with van der Waals surface area (Å²) in [5.74, 6) is 0. The number of halogens is 1. The van der Waals surface area contributed by atoms with Crippen LogP contribution in [0, 0.1) is 0 Å². The number of rotatable bonds is 2. The van der Waals surface area contributed by atoms with Crippen LogP contribution in [-0.2, 0) is 11.0 Å². The predicted octanol–water partition coefficient (Wildman–Crippen LogP) is -0.740. The lowest BCUT2D eigenvalue weighted by atomic mass is 10.8. The van der Waals surface area contributed by atoms with Gasteiger partial charge in [-0.2, -0.15) is 8.42 Å². The second-order valence-corrected chi connectivity index (χ2v) is 1.82. The fourth-order valence-corrected chi connectivity index (χ4v) is 0.605. The minimum absolute atomic E-state index is 0. The summed E-state index contributed by atoms with van der Waals surface area (Å²) >= 11 is 0. The molecule has 0 amide bonds. The van der Waals surface area contributed by atoms with Crippen molar-refractivity contribution in [3.8, 4) is 0 Å². The Kier molecular flexibility index (Phi) is 3.82. The highest BCUT2D eigenvalue weighted by molar-refractivity contribution is 7.67. The molecular weight excluding hydrogens is 180 g/mol. The topological polar surface area (TPSA) is 61.2 Å². The maximum absolute atomic E-state index is 9.82. The zero-order valence-electron chi connectivity index (χ0n) is 4.71. The SMILES string of the molecule is Cl.O=[SH](=O)On1cccn1. The van der Waals surface area contributed by atoms with Crippen molar-refractivity contribution in [2.45, 2.75) is 0 Å². The molecule has 0 aliphatic carbocycles. The van der Waals surface area contributed by atoms with Crippen LogP contribution in [0.25, 0.3) is 0 Å². The first-order valence-corrected chi connectivity index (χ1v) is 3.21. The van der Waals surface area contributed by atoms with Gasteiger partial charge in [-0.15, -0.1) is 17.5 Å². The zero-order valence-corrected chi connectivity index (χ0v) is 6.42. The minimum atomic E-state index is -2.85. The van der Waals surface area contributed by atoms with Gasteiger partial charge in [0.25, 0.3) is 0 Å². The molecule has 0 aliphatic heterocycles. The van der Waals surface area contributed by atoms with Crippen molar-refractivity contribution in [2.75, 3.05) is 0 Å². The molecule has 1 aromatic heterocycles. The van der Waals surface area contributed by atoms with E-state index in [9.17, 15) is 8.42 Å². The van der Waals surface area contributed by atoms with Crippen LogP contribution >= 0.6 is 12.4 Å². The van der Waals surface area contributed by atoms with Crippen LogP contribution in [0.15, 0.2) is 18.5 Å². The number of thiol groups is 1. The van der Waals surface area contributed by atoms with Crippen molar-refractivity contribution in [3.63, 3.8) is 0 Å². The number of hydrogen-bond acceptors (Lipinski definition) is 4. The van der Waals surface area contributed by atoms with Gasteiger partial charge >= 0.3 is 11.0 Å². The zero-order chi connectivity index (χ0) is 6.69. The lowest BCUT2D eigenvalue weighted by Gasteiger charge is -1.90. The second kappa shape index (κ2) is 4.13. The highest BCUT2D eigenvalue weighted by Gasteiger charge is 1.86. The molecule has 0 aromatic carbocycles. The molecule has 0 bridgehead atoms. The normalized spacial score (nSPS) is 8.90. The van der Waals surface area contributed by atoms with E-state index in [4.69, 9.17) is 0 Å². The standard InChI is InChI=1S/C3H4N2O3S.ClH/c6-9(7)8-5-3-1-2-4-5;/h1-3,9H;1H. The molecule has 1 heterocycles. The van der Waals surface area contributed by atoms with E-state index in [-0.39, 0.29) is 12.4 Å². The number of nitrogens with zero attached hydrogens (tertiary/aromatic N) is 2. The molecule has 5 nitrogen and oxygen atoms in total. The summed E-state index contributed by atoms with van der Waals surface area (Å²) in [6, 6.07) is 1.55. The third-order valence-corrected chi connectivity index (χ3v) is 0.931. The van der Waals surface area contributed by atoms with Crippen LogP contribution in [0.1, 0.15) is 0 Å². The van der Waals surface area contributed by atoms with Crippen LogP contribution in [0.4, 0.5) is 0 Å². The highest BCUT2D eigenvalue weighted by Crippen LogP contribution is 1.77. The fraction of sp³-hybridized carbons (Fsp3) is 0. The largest absolute Gasteiger partial charge is 0.318 e. The van der Waals surface area contributed by atoms with E-state index < -0.39 is 11.0 Å². The average molecular weight is 185 g/mol. The fourth-order valence-electron chi connectivity index (χ4n) is 0.371. The smallest absolute Gasteiger partial charge is 0.272 e. The van der Waals surface area contributed by atoms with Crippen molar-refractivity contribution >= 4 is 23.4 Å². The van der Waals surface area contributed by atoms with Crippen LogP contribution < -0.4 is 4.28 Å².